The third-order valence-corrected chi connectivity index (χ3v) is 4.26. The number of nitrogens with one attached hydrogen (secondary N) is 1. The first kappa shape index (κ1) is 14.2. The van der Waals surface area contributed by atoms with E-state index in [0.29, 0.717) is 25.7 Å². The third kappa shape index (κ3) is 3.89. The van der Waals surface area contributed by atoms with Crippen LogP contribution in [0.5, 0.6) is 0 Å². The molecule has 4 nitrogen and oxygen atoms in total. The largest absolute Gasteiger partial charge is 0.333 e. The number of nitrogens with zero attached hydrogens (tertiary/aromatic N) is 2. The Labute approximate surface area is 118 Å². The fourth-order valence-corrected chi connectivity index (χ4v) is 2.75. The molecule has 19 heavy (non-hydrogen) atoms. The summed E-state index contributed by atoms with van der Waals surface area (Å²) in [5.74, 6) is 0.169. The van der Waals surface area contributed by atoms with E-state index in [4.69, 9.17) is 0 Å². The van der Waals surface area contributed by atoms with Gasteiger partial charge in [-0.05, 0) is 18.5 Å². The van der Waals surface area contributed by atoms with Crippen LogP contribution in [0.4, 0.5) is 0 Å². The van der Waals surface area contributed by atoms with Crippen molar-refractivity contribution in [1.29, 1.82) is 0 Å². The maximum Gasteiger partial charge on any atom is 0.237 e. The fraction of sp³-hybridized carbons (Fsp3) is 0.500. The first-order valence-corrected chi connectivity index (χ1v) is 7.40. The molecule has 1 aliphatic rings. The minimum absolute atomic E-state index is 0.169. The summed E-state index contributed by atoms with van der Waals surface area (Å²) < 4.78 is 0. The van der Waals surface area contributed by atoms with Crippen molar-refractivity contribution in [2.24, 2.45) is 0 Å². The summed E-state index contributed by atoms with van der Waals surface area (Å²) in [6.07, 6.45) is 1.79. The molecular weight excluding hydrogens is 258 g/mol. The standard InChI is InChI=1S/C14H21N3OS/c1-3-6-17(10-13-5-4-7-19-13)14(18)11-16(2)12-8-15-9-12/h3-5,7,12,15H,1,6,8-11H2,2H3. The van der Waals surface area contributed by atoms with Gasteiger partial charge in [0, 0.05) is 30.6 Å². The molecule has 0 spiro atoms. The van der Waals surface area contributed by atoms with Gasteiger partial charge in [0.25, 0.3) is 0 Å². The number of thiophene rings is 1. The maximum atomic E-state index is 12.3. The molecule has 1 aromatic heterocycles. The highest BCUT2D eigenvalue weighted by molar-refractivity contribution is 7.09. The Morgan fingerprint density at radius 3 is 2.95 bits per heavy atom. The Balaban J connectivity index is 1.89. The second-order valence-electron chi connectivity index (χ2n) is 4.87. The van der Waals surface area contributed by atoms with Crippen LogP contribution in [-0.2, 0) is 11.3 Å². The lowest BCUT2D eigenvalue weighted by Gasteiger charge is -2.36. The van der Waals surface area contributed by atoms with E-state index in [1.165, 1.54) is 4.88 Å². The van der Waals surface area contributed by atoms with E-state index in [1.807, 2.05) is 23.4 Å². The number of hydrogen-bond donors (Lipinski definition) is 1. The van der Waals surface area contributed by atoms with Crippen LogP contribution in [0.1, 0.15) is 4.88 Å². The van der Waals surface area contributed by atoms with Crippen molar-refractivity contribution in [2.45, 2.75) is 12.6 Å². The van der Waals surface area contributed by atoms with Gasteiger partial charge >= 0.3 is 0 Å². The Morgan fingerprint density at radius 2 is 2.42 bits per heavy atom. The van der Waals surface area contributed by atoms with Gasteiger partial charge in [-0.15, -0.1) is 17.9 Å². The van der Waals surface area contributed by atoms with Crippen LogP contribution < -0.4 is 5.32 Å². The van der Waals surface area contributed by atoms with Crippen LogP contribution in [0.2, 0.25) is 0 Å². The normalized spacial score (nSPS) is 15.3. The van der Waals surface area contributed by atoms with E-state index in [-0.39, 0.29) is 5.91 Å². The van der Waals surface area contributed by atoms with Crippen LogP contribution in [0.15, 0.2) is 30.2 Å². The maximum absolute atomic E-state index is 12.3. The second-order valence-corrected chi connectivity index (χ2v) is 5.90. The zero-order valence-electron chi connectivity index (χ0n) is 11.3. The van der Waals surface area contributed by atoms with Gasteiger partial charge in [0.2, 0.25) is 5.91 Å². The molecule has 5 heteroatoms. The molecule has 1 aromatic rings. The van der Waals surface area contributed by atoms with E-state index < -0.39 is 0 Å². The van der Waals surface area contributed by atoms with E-state index in [2.05, 4.69) is 22.9 Å². The van der Waals surface area contributed by atoms with Crippen molar-refractivity contribution in [2.75, 3.05) is 33.2 Å². The lowest BCUT2D eigenvalue weighted by Crippen LogP contribution is -2.57. The monoisotopic (exact) mass is 279 g/mol. The second kappa shape index (κ2) is 6.84. The SMILES string of the molecule is C=CCN(Cc1cccs1)C(=O)CN(C)C1CNC1. The summed E-state index contributed by atoms with van der Waals surface area (Å²) in [5.41, 5.74) is 0. The number of likely N-dealkylation sites (N-methyl/N-ethyl adjacent to an activating group) is 1. The highest BCUT2D eigenvalue weighted by atomic mass is 32.1. The Morgan fingerprint density at radius 1 is 1.63 bits per heavy atom. The third-order valence-electron chi connectivity index (χ3n) is 3.40. The predicted octanol–water partition coefficient (Wildman–Crippen LogP) is 1.17. The van der Waals surface area contributed by atoms with Gasteiger partial charge in [-0.2, -0.15) is 0 Å². The lowest BCUT2D eigenvalue weighted by molar-refractivity contribution is -0.132. The Kier molecular flexibility index (Phi) is 5.13. The van der Waals surface area contributed by atoms with Crippen molar-refractivity contribution in [3.63, 3.8) is 0 Å². The van der Waals surface area contributed by atoms with Crippen molar-refractivity contribution in [3.05, 3.63) is 35.0 Å². The molecule has 1 N–H and O–H groups in total. The highest BCUT2D eigenvalue weighted by Crippen LogP contribution is 2.12. The molecule has 104 valence electrons. The van der Waals surface area contributed by atoms with E-state index in [9.17, 15) is 4.79 Å². The minimum Gasteiger partial charge on any atom is -0.333 e. The minimum atomic E-state index is 0.169. The number of hydrogen-bond acceptors (Lipinski definition) is 4. The summed E-state index contributed by atoms with van der Waals surface area (Å²) in [5, 5.41) is 5.26. The molecule has 0 aromatic carbocycles. The first-order valence-electron chi connectivity index (χ1n) is 6.52. The Bertz CT molecular complexity index is 414. The van der Waals surface area contributed by atoms with Crippen LogP contribution in [0.25, 0.3) is 0 Å². The quantitative estimate of drug-likeness (QED) is 0.761. The van der Waals surface area contributed by atoms with Crippen molar-refractivity contribution in [1.82, 2.24) is 15.1 Å². The number of carbonyl (C=O) groups excluding carboxylic acids is 1. The number of amides is 1. The van der Waals surface area contributed by atoms with Crippen LogP contribution in [-0.4, -0.2) is 55.0 Å². The predicted molar refractivity (Wildman–Crippen MR) is 79.2 cm³/mol. The molecule has 0 aliphatic carbocycles. The van der Waals surface area contributed by atoms with E-state index >= 15 is 0 Å². The van der Waals surface area contributed by atoms with Crippen molar-refractivity contribution in [3.8, 4) is 0 Å². The molecule has 2 heterocycles. The van der Waals surface area contributed by atoms with Crippen molar-refractivity contribution < 1.29 is 4.79 Å². The lowest BCUT2D eigenvalue weighted by atomic mass is 10.1. The summed E-state index contributed by atoms with van der Waals surface area (Å²) in [6, 6.07) is 4.58. The molecular formula is C14H21N3OS. The number of carbonyl (C=O) groups is 1. The van der Waals surface area contributed by atoms with Crippen LogP contribution >= 0.6 is 11.3 Å². The molecule has 0 saturated carbocycles. The van der Waals surface area contributed by atoms with Crippen LogP contribution in [0, 0.1) is 0 Å². The van der Waals surface area contributed by atoms with Gasteiger partial charge < -0.3 is 10.2 Å². The van der Waals surface area contributed by atoms with Gasteiger partial charge in [-0.3, -0.25) is 9.69 Å². The van der Waals surface area contributed by atoms with E-state index in [1.54, 1.807) is 17.4 Å². The summed E-state index contributed by atoms with van der Waals surface area (Å²) in [7, 11) is 2.01. The van der Waals surface area contributed by atoms with Gasteiger partial charge in [-0.1, -0.05) is 12.1 Å². The van der Waals surface area contributed by atoms with Gasteiger partial charge in [-0.25, -0.2) is 0 Å². The molecule has 2 rings (SSSR count). The molecule has 1 amide bonds. The smallest absolute Gasteiger partial charge is 0.237 e. The molecule has 0 radical (unpaired) electrons. The molecule has 1 saturated heterocycles. The Hall–Kier alpha value is -1.17. The topological polar surface area (TPSA) is 35.6 Å². The average Bonchev–Trinajstić information content (AvgIpc) is 2.78. The molecule has 1 aliphatic heterocycles. The van der Waals surface area contributed by atoms with Crippen molar-refractivity contribution >= 4 is 17.2 Å². The molecule has 0 bridgehead atoms. The van der Waals surface area contributed by atoms with Gasteiger partial charge in [0.15, 0.2) is 0 Å². The fourth-order valence-electron chi connectivity index (χ4n) is 2.03. The summed E-state index contributed by atoms with van der Waals surface area (Å²) in [4.78, 5) is 17.5. The van der Waals surface area contributed by atoms with E-state index in [0.717, 1.165) is 13.1 Å². The highest BCUT2D eigenvalue weighted by Gasteiger charge is 2.24. The molecule has 0 unspecified atom stereocenters. The van der Waals surface area contributed by atoms with Gasteiger partial charge in [0.1, 0.15) is 0 Å². The first-order chi connectivity index (χ1) is 9.20. The van der Waals surface area contributed by atoms with Gasteiger partial charge in [0.05, 0.1) is 13.1 Å². The summed E-state index contributed by atoms with van der Waals surface area (Å²) in [6.45, 7) is 7.47. The zero-order chi connectivity index (χ0) is 13.7. The average molecular weight is 279 g/mol. The van der Waals surface area contributed by atoms with Crippen LogP contribution in [0.3, 0.4) is 0 Å². The zero-order valence-corrected chi connectivity index (χ0v) is 12.2. The molecule has 1 fully saturated rings. The number of rotatable bonds is 7. The summed E-state index contributed by atoms with van der Waals surface area (Å²) >= 11 is 1.68. The molecule has 0 atom stereocenters.